The molecule has 5 nitrogen and oxygen atoms in total. The van der Waals surface area contributed by atoms with Crippen LogP contribution in [0, 0.1) is 0 Å². The number of amides is 1. The maximum Gasteiger partial charge on any atom is 0.275 e. The van der Waals surface area contributed by atoms with Crippen LogP contribution in [0.15, 0.2) is 35.1 Å². The third-order valence-electron chi connectivity index (χ3n) is 2.54. The lowest BCUT2D eigenvalue weighted by Gasteiger charge is -2.18. The highest BCUT2D eigenvalue weighted by Crippen LogP contribution is 2.28. The Labute approximate surface area is 130 Å². The van der Waals surface area contributed by atoms with Gasteiger partial charge in [0, 0.05) is 18.6 Å². The number of rotatable bonds is 3. The fraction of sp³-hybridized carbons (Fsp3) is 0.154. The van der Waals surface area contributed by atoms with Crippen LogP contribution in [-0.2, 0) is 0 Å². The zero-order valence-electron chi connectivity index (χ0n) is 10.9. The van der Waals surface area contributed by atoms with Crippen LogP contribution in [0.3, 0.4) is 0 Å². The molecule has 0 bridgehead atoms. The van der Waals surface area contributed by atoms with Gasteiger partial charge in [0.2, 0.25) is 0 Å². The van der Waals surface area contributed by atoms with Crippen LogP contribution in [0.5, 0.6) is 0 Å². The molecule has 104 valence electrons. The molecule has 0 saturated carbocycles. The predicted molar refractivity (Wildman–Crippen MR) is 83.5 cm³/mol. The van der Waals surface area contributed by atoms with Gasteiger partial charge in [0.05, 0.1) is 23.8 Å². The lowest BCUT2D eigenvalue weighted by Crippen LogP contribution is -2.17. The first-order valence-corrected chi connectivity index (χ1v) is 6.90. The van der Waals surface area contributed by atoms with E-state index in [0.29, 0.717) is 5.69 Å². The molecule has 0 saturated heterocycles. The van der Waals surface area contributed by atoms with Gasteiger partial charge in [-0.2, -0.15) is 0 Å². The molecule has 0 unspecified atom stereocenters. The Kier molecular flexibility index (Phi) is 4.57. The second-order valence-electron chi connectivity index (χ2n) is 4.23. The summed E-state index contributed by atoms with van der Waals surface area (Å²) in [6.45, 7) is 0. The minimum Gasteiger partial charge on any atom is -0.376 e. The highest BCUT2D eigenvalue weighted by atomic mass is 79.9. The Morgan fingerprint density at radius 3 is 2.65 bits per heavy atom. The summed E-state index contributed by atoms with van der Waals surface area (Å²) in [5.41, 5.74) is 1.79. The number of aromatic nitrogens is 2. The van der Waals surface area contributed by atoms with Gasteiger partial charge >= 0.3 is 0 Å². The number of benzene rings is 1. The second-order valence-corrected chi connectivity index (χ2v) is 5.54. The summed E-state index contributed by atoms with van der Waals surface area (Å²) >= 11 is 9.03. The summed E-state index contributed by atoms with van der Waals surface area (Å²) in [5, 5.41) is 3.06. The standard InChI is InChI=1S/C13H12BrClN4O/c1-19(2)11-4-3-8(14)5-9(11)18-13(20)10-6-17-12(15)7-16-10/h3-7H,1-2H3,(H,18,20). The van der Waals surface area contributed by atoms with Gasteiger partial charge in [0.15, 0.2) is 0 Å². The van der Waals surface area contributed by atoms with Crippen molar-refractivity contribution in [1.82, 2.24) is 9.97 Å². The normalized spacial score (nSPS) is 10.2. The van der Waals surface area contributed by atoms with Crippen molar-refractivity contribution >= 4 is 44.8 Å². The fourth-order valence-corrected chi connectivity index (χ4v) is 2.07. The Morgan fingerprint density at radius 1 is 1.30 bits per heavy atom. The SMILES string of the molecule is CN(C)c1ccc(Br)cc1NC(=O)c1cnc(Cl)cn1. The van der Waals surface area contributed by atoms with Gasteiger partial charge in [-0.05, 0) is 18.2 Å². The molecule has 0 spiro atoms. The number of anilines is 2. The molecule has 2 rings (SSSR count). The molecule has 0 radical (unpaired) electrons. The predicted octanol–water partition coefficient (Wildman–Crippen LogP) is 3.21. The molecule has 1 heterocycles. The molecule has 1 amide bonds. The van der Waals surface area contributed by atoms with E-state index in [0.717, 1.165) is 10.2 Å². The van der Waals surface area contributed by atoms with Gasteiger partial charge in [-0.25, -0.2) is 9.97 Å². The summed E-state index contributed by atoms with van der Waals surface area (Å²) in [7, 11) is 3.81. The van der Waals surface area contributed by atoms with Gasteiger partial charge < -0.3 is 10.2 Å². The first-order valence-electron chi connectivity index (χ1n) is 5.73. The molecule has 0 atom stereocenters. The van der Waals surface area contributed by atoms with E-state index in [9.17, 15) is 4.79 Å². The molecule has 0 aliphatic heterocycles. The molecular weight excluding hydrogens is 344 g/mol. The van der Waals surface area contributed by atoms with Gasteiger partial charge in [0.1, 0.15) is 10.8 Å². The van der Waals surface area contributed by atoms with E-state index in [1.807, 2.05) is 37.2 Å². The number of carbonyl (C=O) groups is 1. The molecule has 20 heavy (non-hydrogen) atoms. The summed E-state index contributed by atoms with van der Waals surface area (Å²) in [5.74, 6) is -0.338. The maximum atomic E-state index is 12.1. The monoisotopic (exact) mass is 354 g/mol. The van der Waals surface area contributed by atoms with E-state index in [-0.39, 0.29) is 16.8 Å². The number of halogens is 2. The van der Waals surface area contributed by atoms with Gasteiger partial charge in [-0.1, -0.05) is 27.5 Å². The first kappa shape index (κ1) is 14.7. The Hall–Kier alpha value is -1.66. The van der Waals surface area contributed by atoms with E-state index in [1.54, 1.807) is 0 Å². The van der Waals surface area contributed by atoms with Crippen LogP contribution in [0.25, 0.3) is 0 Å². The van der Waals surface area contributed by atoms with Crippen molar-refractivity contribution in [3.63, 3.8) is 0 Å². The van der Waals surface area contributed by atoms with E-state index in [1.165, 1.54) is 12.4 Å². The lowest BCUT2D eigenvalue weighted by molar-refractivity contribution is 0.102. The van der Waals surface area contributed by atoms with Crippen molar-refractivity contribution in [3.05, 3.63) is 45.9 Å². The summed E-state index contributed by atoms with van der Waals surface area (Å²) in [4.78, 5) is 21.8. The van der Waals surface area contributed by atoms with Crippen molar-refractivity contribution in [2.75, 3.05) is 24.3 Å². The largest absolute Gasteiger partial charge is 0.376 e. The molecule has 1 aromatic carbocycles. The first-order chi connectivity index (χ1) is 9.47. The number of hydrogen-bond donors (Lipinski definition) is 1. The van der Waals surface area contributed by atoms with E-state index >= 15 is 0 Å². The third kappa shape index (κ3) is 3.46. The van der Waals surface area contributed by atoms with Crippen molar-refractivity contribution < 1.29 is 4.79 Å². The molecule has 2 aromatic rings. The molecule has 7 heteroatoms. The number of hydrogen-bond acceptors (Lipinski definition) is 4. The van der Waals surface area contributed by atoms with Crippen molar-refractivity contribution in [3.8, 4) is 0 Å². The third-order valence-corrected chi connectivity index (χ3v) is 3.23. The van der Waals surface area contributed by atoms with Crippen LogP contribution >= 0.6 is 27.5 Å². The quantitative estimate of drug-likeness (QED) is 0.918. The number of nitrogens with zero attached hydrogens (tertiary/aromatic N) is 3. The summed E-state index contributed by atoms with van der Waals surface area (Å²) < 4.78 is 0.876. The van der Waals surface area contributed by atoms with Gasteiger partial charge in [-0.15, -0.1) is 0 Å². The zero-order valence-corrected chi connectivity index (χ0v) is 13.2. The van der Waals surface area contributed by atoms with Crippen molar-refractivity contribution in [2.45, 2.75) is 0 Å². The van der Waals surface area contributed by atoms with Crippen LogP contribution in [0.2, 0.25) is 5.15 Å². The number of carbonyl (C=O) groups excluding carboxylic acids is 1. The van der Waals surface area contributed by atoms with Crippen molar-refractivity contribution in [1.29, 1.82) is 0 Å². The fourth-order valence-electron chi connectivity index (χ4n) is 1.61. The average molecular weight is 356 g/mol. The van der Waals surface area contributed by atoms with Crippen molar-refractivity contribution in [2.24, 2.45) is 0 Å². The second kappa shape index (κ2) is 6.19. The molecule has 0 fully saturated rings. The Morgan fingerprint density at radius 2 is 2.05 bits per heavy atom. The van der Waals surface area contributed by atoms with Crippen LogP contribution in [0.4, 0.5) is 11.4 Å². The lowest BCUT2D eigenvalue weighted by atomic mass is 10.2. The highest BCUT2D eigenvalue weighted by Gasteiger charge is 2.12. The highest BCUT2D eigenvalue weighted by molar-refractivity contribution is 9.10. The van der Waals surface area contributed by atoms with E-state index in [2.05, 4.69) is 31.2 Å². The molecule has 0 aliphatic carbocycles. The molecule has 1 N–H and O–H groups in total. The topological polar surface area (TPSA) is 58.1 Å². The van der Waals surface area contributed by atoms with Crippen LogP contribution < -0.4 is 10.2 Å². The van der Waals surface area contributed by atoms with Crippen LogP contribution in [0.1, 0.15) is 10.5 Å². The molecular formula is C13H12BrClN4O. The maximum absolute atomic E-state index is 12.1. The summed E-state index contributed by atoms with van der Waals surface area (Å²) in [6.07, 6.45) is 2.68. The zero-order chi connectivity index (χ0) is 14.7. The molecule has 1 aromatic heterocycles. The smallest absolute Gasteiger partial charge is 0.275 e. The minimum atomic E-state index is -0.338. The van der Waals surface area contributed by atoms with Gasteiger partial charge in [0.25, 0.3) is 5.91 Å². The van der Waals surface area contributed by atoms with E-state index in [4.69, 9.17) is 11.6 Å². The minimum absolute atomic E-state index is 0.207. The Bertz CT molecular complexity index is 631. The van der Waals surface area contributed by atoms with Gasteiger partial charge in [-0.3, -0.25) is 4.79 Å². The average Bonchev–Trinajstić information content (AvgIpc) is 2.39. The van der Waals surface area contributed by atoms with Crippen LogP contribution in [-0.4, -0.2) is 30.0 Å². The van der Waals surface area contributed by atoms with E-state index < -0.39 is 0 Å². The Balaban J connectivity index is 2.27. The number of nitrogens with one attached hydrogen (secondary N) is 1. The molecule has 0 aliphatic rings. The summed E-state index contributed by atoms with van der Waals surface area (Å²) in [6, 6.07) is 5.65.